The van der Waals surface area contributed by atoms with Crippen molar-refractivity contribution in [2.24, 2.45) is 0 Å². The lowest BCUT2D eigenvalue weighted by atomic mass is 10.1. The molecule has 7 heteroatoms. The van der Waals surface area contributed by atoms with E-state index in [-0.39, 0.29) is 17.2 Å². The molecule has 0 saturated carbocycles. The number of carbonyl (C=O) groups is 2. The molecule has 2 aromatic rings. The molecule has 1 heterocycles. The van der Waals surface area contributed by atoms with Gasteiger partial charge in [0.15, 0.2) is 9.84 Å². The maximum Gasteiger partial charge on any atom is 0.339 e. The van der Waals surface area contributed by atoms with Crippen molar-refractivity contribution in [3.05, 3.63) is 71.3 Å². The Morgan fingerprint density at radius 2 is 1.59 bits per heavy atom. The maximum absolute atomic E-state index is 13.1. The average Bonchev–Trinajstić information content (AvgIpc) is 2.72. The quantitative estimate of drug-likeness (QED) is 0.677. The standard InChI is InChI=1S/C22H25NO5S/c1-29(26,27)16-17-10-12-19(13-11-17)22(25)28-20(18-8-4-2-5-9-18)21(24)23-14-6-3-7-15-23/h2,4-5,8-13,20H,3,6-7,14-16H2,1H3/t20-/m0/s1. The third kappa shape index (κ3) is 5.90. The summed E-state index contributed by atoms with van der Waals surface area (Å²) in [7, 11) is -3.16. The van der Waals surface area contributed by atoms with E-state index in [0.717, 1.165) is 25.5 Å². The van der Waals surface area contributed by atoms with E-state index in [9.17, 15) is 18.0 Å². The molecule has 0 aromatic heterocycles. The molecule has 29 heavy (non-hydrogen) atoms. The van der Waals surface area contributed by atoms with E-state index in [4.69, 9.17) is 4.74 Å². The van der Waals surface area contributed by atoms with Gasteiger partial charge >= 0.3 is 5.97 Å². The van der Waals surface area contributed by atoms with Crippen molar-refractivity contribution in [3.8, 4) is 0 Å². The Labute approximate surface area is 171 Å². The topological polar surface area (TPSA) is 80.7 Å². The molecular weight excluding hydrogens is 390 g/mol. The summed E-state index contributed by atoms with van der Waals surface area (Å²) in [5.41, 5.74) is 1.49. The first kappa shape index (κ1) is 21.0. The van der Waals surface area contributed by atoms with Crippen LogP contribution < -0.4 is 0 Å². The number of carbonyl (C=O) groups excluding carboxylic acids is 2. The summed E-state index contributed by atoms with van der Waals surface area (Å²) >= 11 is 0. The molecular formula is C22H25NO5S. The van der Waals surface area contributed by atoms with Crippen LogP contribution in [0.4, 0.5) is 0 Å². The Hall–Kier alpha value is -2.67. The molecule has 6 nitrogen and oxygen atoms in total. The highest BCUT2D eigenvalue weighted by Gasteiger charge is 2.30. The van der Waals surface area contributed by atoms with Gasteiger partial charge in [0.05, 0.1) is 11.3 Å². The predicted molar refractivity (Wildman–Crippen MR) is 110 cm³/mol. The zero-order chi connectivity index (χ0) is 20.9. The van der Waals surface area contributed by atoms with Crippen molar-refractivity contribution in [3.63, 3.8) is 0 Å². The zero-order valence-electron chi connectivity index (χ0n) is 16.4. The highest BCUT2D eigenvalue weighted by Crippen LogP contribution is 2.24. The normalized spacial score (nSPS) is 15.6. The zero-order valence-corrected chi connectivity index (χ0v) is 17.2. The van der Waals surface area contributed by atoms with E-state index >= 15 is 0 Å². The second-order valence-electron chi connectivity index (χ2n) is 7.35. The molecule has 1 aliphatic heterocycles. The van der Waals surface area contributed by atoms with Gasteiger partial charge in [-0.05, 0) is 37.0 Å². The van der Waals surface area contributed by atoms with Gasteiger partial charge in [0.1, 0.15) is 0 Å². The van der Waals surface area contributed by atoms with Crippen molar-refractivity contribution in [2.45, 2.75) is 31.1 Å². The summed E-state index contributed by atoms with van der Waals surface area (Å²) < 4.78 is 28.5. The molecule has 0 aliphatic carbocycles. The fraction of sp³-hybridized carbons (Fsp3) is 0.364. The van der Waals surface area contributed by atoms with Gasteiger partial charge in [0.25, 0.3) is 5.91 Å². The molecule has 2 aromatic carbocycles. The number of sulfone groups is 1. The summed E-state index contributed by atoms with van der Waals surface area (Å²) in [4.78, 5) is 27.5. The summed E-state index contributed by atoms with van der Waals surface area (Å²) in [5, 5.41) is 0. The number of piperidine rings is 1. The fourth-order valence-electron chi connectivity index (χ4n) is 3.38. The van der Waals surface area contributed by atoms with Crippen LogP contribution in [0, 0.1) is 0 Å². The van der Waals surface area contributed by atoms with Gasteiger partial charge in [-0.15, -0.1) is 0 Å². The van der Waals surface area contributed by atoms with Gasteiger partial charge in [-0.1, -0.05) is 42.5 Å². The van der Waals surface area contributed by atoms with Crippen molar-refractivity contribution >= 4 is 21.7 Å². The van der Waals surface area contributed by atoms with Gasteiger partial charge in [0.2, 0.25) is 6.10 Å². The van der Waals surface area contributed by atoms with Gasteiger partial charge in [-0.3, -0.25) is 4.79 Å². The average molecular weight is 416 g/mol. The molecule has 1 aliphatic rings. The number of nitrogens with zero attached hydrogens (tertiary/aromatic N) is 1. The minimum atomic E-state index is -3.16. The van der Waals surface area contributed by atoms with Crippen molar-refractivity contribution in [2.75, 3.05) is 19.3 Å². The predicted octanol–water partition coefficient (Wildman–Crippen LogP) is 3.14. The number of ether oxygens (including phenoxy) is 1. The SMILES string of the molecule is CS(=O)(=O)Cc1ccc(C(=O)O[C@H](C(=O)N2CCCCC2)c2ccccc2)cc1. The van der Waals surface area contributed by atoms with Crippen LogP contribution in [-0.4, -0.2) is 44.5 Å². The molecule has 0 spiro atoms. The number of likely N-dealkylation sites (tertiary alicyclic amines) is 1. The van der Waals surface area contributed by atoms with Crippen LogP contribution >= 0.6 is 0 Å². The highest BCUT2D eigenvalue weighted by molar-refractivity contribution is 7.89. The monoisotopic (exact) mass is 415 g/mol. The Kier molecular flexibility index (Phi) is 6.69. The first-order chi connectivity index (χ1) is 13.8. The highest BCUT2D eigenvalue weighted by atomic mass is 32.2. The second-order valence-corrected chi connectivity index (χ2v) is 9.49. The molecule has 154 valence electrons. The molecule has 1 saturated heterocycles. The van der Waals surface area contributed by atoms with E-state index in [1.807, 2.05) is 6.07 Å². The van der Waals surface area contributed by atoms with Gasteiger partial charge in [-0.2, -0.15) is 0 Å². The van der Waals surface area contributed by atoms with Crippen LogP contribution in [-0.2, 0) is 25.1 Å². The van der Waals surface area contributed by atoms with Crippen LogP contribution in [0.5, 0.6) is 0 Å². The molecule has 0 radical (unpaired) electrons. The van der Waals surface area contributed by atoms with E-state index < -0.39 is 21.9 Å². The summed E-state index contributed by atoms with van der Waals surface area (Å²) in [6, 6.07) is 15.2. The van der Waals surface area contributed by atoms with E-state index in [1.165, 1.54) is 12.1 Å². The van der Waals surface area contributed by atoms with E-state index in [2.05, 4.69) is 0 Å². The Balaban J connectivity index is 1.78. The largest absolute Gasteiger partial charge is 0.444 e. The Morgan fingerprint density at radius 1 is 0.966 bits per heavy atom. The first-order valence-electron chi connectivity index (χ1n) is 9.65. The van der Waals surface area contributed by atoms with Crippen molar-refractivity contribution in [1.82, 2.24) is 4.90 Å². The molecule has 1 atom stereocenters. The first-order valence-corrected chi connectivity index (χ1v) is 11.7. The van der Waals surface area contributed by atoms with Gasteiger partial charge in [0, 0.05) is 24.9 Å². The second kappa shape index (κ2) is 9.22. The number of hydrogen-bond donors (Lipinski definition) is 0. The summed E-state index contributed by atoms with van der Waals surface area (Å²) in [6.45, 7) is 1.33. The number of rotatable bonds is 6. The number of hydrogen-bond acceptors (Lipinski definition) is 5. The Bertz CT molecular complexity index is 948. The summed E-state index contributed by atoms with van der Waals surface area (Å²) in [6.07, 6.45) is 3.15. The van der Waals surface area contributed by atoms with Crippen LogP contribution in [0.1, 0.15) is 46.9 Å². The fourth-order valence-corrected chi connectivity index (χ4v) is 4.18. The maximum atomic E-state index is 13.1. The molecule has 0 unspecified atom stereocenters. The minimum Gasteiger partial charge on any atom is -0.444 e. The van der Waals surface area contributed by atoms with Crippen LogP contribution in [0.25, 0.3) is 0 Å². The molecule has 1 amide bonds. The Morgan fingerprint density at radius 3 is 2.17 bits per heavy atom. The smallest absolute Gasteiger partial charge is 0.339 e. The van der Waals surface area contributed by atoms with Crippen molar-refractivity contribution < 1.29 is 22.7 Å². The molecule has 0 bridgehead atoms. The third-order valence-electron chi connectivity index (χ3n) is 4.84. The lowest BCUT2D eigenvalue weighted by Gasteiger charge is -2.30. The molecule has 1 fully saturated rings. The third-order valence-corrected chi connectivity index (χ3v) is 5.70. The van der Waals surface area contributed by atoms with Gasteiger partial charge < -0.3 is 9.64 Å². The van der Waals surface area contributed by atoms with E-state index in [0.29, 0.717) is 24.2 Å². The van der Waals surface area contributed by atoms with Crippen LogP contribution in [0.2, 0.25) is 0 Å². The number of esters is 1. The van der Waals surface area contributed by atoms with Crippen molar-refractivity contribution in [1.29, 1.82) is 0 Å². The molecule has 3 rings (SSSR count). The minimum absolute atomic E-state index is 0.0948. The van der Waals surface area contributed by atoms with Crippen LogP contribution in [0.15, 0.2) is 54.6 Å². The number of benzene rings is 2. The molecule has 0 N–H and O–H groups in total. The lowest BCUT2D eigenvalue weighted by molar-refractivity contribution is -0.142. The van der Waals surface area contributed by atoms with Crippen LogP contribution in [0.3, 0.4) is 0 Å². The van der Waals surface area contributed by atoms with E-state index in [1.54, 1.807) is 41.3 Å². The van der Waals surface area contributed by atoms with Gasteiger partial charge in [-0.25, -0.2) is 13.2 Å². The summed E-state index contributed by atoms with van der Waals surface area (Å²) in [5.74, 6) is -0.921. The number of amides is 1. The lowest BCUT2D eigenvalue weighted by Crippen LogP contribution is -2.40.